The first-order valence-electron chi connectivity index (χ1n) is 6.18. The Labute approximate surface area is 118 Å². The van der Waals surface area contributed by atoms with Gasteiger partial charge in [-0.25, -0.2) is 9.59 Å². The molecule has 1 heterocycles. The predicted octanol–water partition coefficient (Wildman–Crippen LogP) is 2.41. The molecular formula is C13H21NO4S. The van der Waals surface area contributed by atoms with Crippen molar-refractivity contribution in [3.05, 3.63) is 12.7 Å². The minimum absolute atomic E-state index is 0.142. The fourth-order valence-corrected chi connectivity index (χ4v) is 2.93. The van der Waals surface area contributed by atoms with Gasteiger partial charge in [-0.2, -0.15) is 0 Å². The molecule has 0 bridgehead atoms. The number of rotatable bonds is 4. The Morgan fingerprint density at radius 2 is 2.16 bits per heavy atom. The standard InChI is InChI=1S/C13H21NO4S/c1-6-7-17-11(15)10-13(4,5)19-8-14(10)12(16)18-9(2)3/h6,9-10H,1,7-8H2,2-5H3. The van der Waals surface area contributed by atoms with Crippen LogP contribution in [0.15, 0.2) is 12.7 Å². The second-order valence-electron chi connectivity index (χ2n) is 5.10. The van der Waals surface area contributed by atoms with Crippen LogP contribution in [0.2, 0.25) is 0 Å². The first-order valence-corrected chi connectivity index (χ1v) is 7.17. The van der Waals surface area contributed by atoms with E-state index in [9.17, 15) is 9.59 Å². The van der Waals surface area contributed by atoms with Gasteiger partial charge in [0, 0.05) is 4.75 Å². The van der Waals surface area contributed by atoms with Gasteiger partial charge in [-0.1, -0.05) is 12.7 Å². The van der Waals surface area contributed by atoms with Gasteiger partial charge in [-0.05, 0) is 27.7 Å². The second-order valence-corrected chi connectivity index (χ2v) is 6.70. The van der Waals surface area contributed by atoms with Crippen LogP contribution in [0, 0.1) is 0 Å². The molecule has 5 nitrogen and oxygen atoms in total. The number of carbonyl (C=O) groups is 2. The van der Waals surface area contributed by atoms with Crippen LogP contribution in [0.25, 0.3) is 0 Å². The number of ether oxygens (including phenoxy) is 2. The topological polar surface area (TPSA) is 55.8 Å². The molecule has 0 aromatic heterocycles. The van der Waals surface area contributed by atoms with Crippen molar-refractivity contribution >= 4 is 23.8 Å². The van der Waals surface area contributed by atoms with Gasteiger partial charge in [0.15, 0.2) is 0 Å². The Hall–Kier alpha value is -1.17. The van der Waals surface area contributed by atoms with E-state index in [-0.39, 0.29) is 12.7 Å². The molecule has 1 fully saturated rings. The lowest BCUT2D eigenvalue weighted by atomic mass is 10.0. The zero-order valence-corrected chi connectivity index (χ0v) is 12.7. The SMILES string of the molecule is C=CCOC(=O)C1N(C(=O)OC(C)C)CSC1(C)C. The molecule has 1 rings (SSSR count). The van der Waals surface area contributed by atoms with Crippen LogP contribution in [0.5, 0.6) is 0 Å². The highest BCUT2D eigenvalue weighted by Gasteiger charge is 2.49. The van der Waals surface area contributed by atoms with E-state index in [0.29, 0.717) is 5.88 Å². The summed E-state index contributed by atoms with van der Waals surface area (Å²) < 4.78 is 9.84. The fourth-order valence-electron chi connectivity index (χ4n) is 1.82. The van der Waals surface area contributed by atoms with E-state index in [1.54, 1.807) is 13.8 Å². The van der Waals surface area contributed by atoms with E-state index in [1.165, 1.54) is 22.7 Å². The van der Waals surface area contributed by atoms with Crippen molar-refractivity contribution in [3.8, 4) is 0 Å². The Morgan fingerprint density at radius 1 is 1.53 bits per heavy atom. The number of thioether (sulfide) groups is 1. The second kappa shape index (κ2) is 6.32. The number of carbonyl (C=O) groups excluding carboxylic acids is 2. The third-order valence-electron chi connectivity index (χ3n) is 2.68. The molecule has 0 saturated carbocycles. The lowest BCUT2D eigenvalue weighted by Crippen LogP contribution is -2.50. The molecule has 19 heavy (non-hydrogen) atoms. The van der Waals surface area contributed by atoms with Gasteiger partial charge in [0.05, 0.1) is 12.0 Å². The van der Waals surface area contributed by atoms with Gasteiger partial charge < -0.3 is 9.47 Å². The molecular weight excluding hydrogens is 266 g/mol. The van der Waals surface area contributed by atoms with E-state index in [2.05, 4.69) is 6.58 Å². The molecule has 1 aliphatic rings. The summed E-state index contributed by atoms with van der Waals surface area (Å²) in [6, 6.07) is -0.635. The van der Waals surface area contributed by atoms with Gasteiger partial charge >= 0.3 is 12.1 Å². The first-order chi connectivity index (χ1) is 8.79. The van der Waals surface area contributed by atoms with E-state index >= 15 is 0 Å². The molecule has 1 atom stereocenters. The van der Waals surface area contributed by atoms with Crippen molar-refractivity contribution < 1.29 is 19.1 Å². The quantitative estimate of drug-likeness (QED) is 0.587. The van der Waals surface area contributed by atoms with Gasteiger partial charge in [-0.15, -0.1) is 11.8 Å². The Morgan fingerprint density at radius 3 is 2.68 bits per heavy atom. The lowest BCUT2D eigenvalue weighted by Gasteiger charge is -2.29. The largest absolute Gasteiger partial charge is 0.460 e. The van der Waals surface area contributed by atoms with Crippen molar-refractivity contribution in [2.24, 2.45) is 0 Å². The molecule has 1 amide bonds. The highest BCUT2D eigenvalue weighted by molar-refractivity contribution is 8.00. The van der Waals surface area contributed by atoms with Crippen LogP contribution in [0.4, 0.5) is 4.79 Å². The van der Waals surface area contributed by atoms with Crippen molar-refractivity contribution in [1.29, 1.82) is 0 Å². The Kier molecular flexibility index (Phi) is 5.29. The molecule has 0 radical (unpaired) electrons. The summed E-state index contributed by atoms with van der Waals surface area (Å²) >= 11 is 1.53. The van der Waals surface area contributed by atoms with Gasteiger partial charge in [0.25, 0.3) is 0 Å². The van der Waals surface area contributed by atoms with Crippen LogP contribution in [-0.4, -0.2) is 46.3 Å². The summed E-state index contributed by atoms with van der Waals surface area (Å²) in [5.41, 5.74) is 0. The number of hydrogen-bond acceptors (Lipinski definition) is 5. The number of esters is 1. The zero-order chi connectivity index (χ0) is 14.6. The molecule has 108 valence electrons. The van der Waals surface area contributed by atoms with E-state index in [0.717, 1.165) is 0 Å². The van der Waals surface area contributed by atoms with Gasteiger partial charge in [0.2, 0.25) is 0 Å². The monoisotopic (exact) mass is 287 g/mol. The Bertz CT molecular complexity index is 368. The van der Waals surface area contributed by atoms with Crippen molar-refractivity contribution in [1.82, 2.24) is 4.90 Å². The predicted molar refractivity (Wildman–Crippen MR) is 74.9 cm³/mol. The normalized spacial score (nSPS) is 21.3. The number of amides is 1. The van der Waals surface area contributed by atoms with Gasteiger partial charge in [0.1, 0.15) is 12.6 Å². The van der Waals surface area contributed by atoms with Gasteiger partial charge in [-0.3, -0.25) is 4.90 Å². The first kappa shape index (κ1) is 15.9. The van der Waals surface area contributed by atoms with E-state index < -0.39 is 22.9 Å². The molecule has 0 N–H and O–H groups in total. The molecule has 0 spiro atoms. The number of nitrogens with zero attached hydrogens (tertiary/aromatic N) is 1. The summed E-state index contributed by atoms with van der Waals surface area (Å²) in [5.74, 6) is 0.00229. The fraction of sp³-hybridized carbons (Fsp3) is 0.692. The Balaban J connectivity index is 2.83. The molecule has 1 unspecified atom stereocenters. The average molecular weight is 287 g/mol. The highest BCUT2D eigenvalue weighted by Crippen LogP contribution is 2.40. The summed E-state index contributed by atoms with van der Waals surface area (Å²) in [6.45, 7) is 11.0. The minimum Gasteiger partial charge on any atom is -0.460 e. The van der Waals surface area contributed by atoms with Crippen LogP contribution >= 0.6 is 11.8 Å². The average Bonchev–Trinajstić information content (AvgIpc) is 2.61. The molecule has 0 aliphatic carbocycles. The highest BCUT2D eigenvalue weighted by atomic mass is 32.2. The van der Waals surface area contributed by atoms with Crippen LogP contribution in [0.3, 0.4) is 0 Å². The summed E-state index contributed by atoms with van der Waals surface area (Å²) in [5, 5.41) is 0. The van der Waals surface area contributed by atoms with Crippen molar-refractivity contribution in [3.63, 3.8) is 0 Å². The van der Waals surface area contributed by atoms with Crippen LogP contribution in [0.1, 0.15) is 27.7 Å². The maximum Gasteiger partial charge on any atom is 0.411 e. The molecule has 6 heteroatoms. The van der Waals surface area contributed by atoms with E-state index in [4.69, 9.17) is 9.47 Å². The lowest BCUT2D eigenvalue weighted by molar-refractivity contribution is -0.148. The number of hydrogen-bond donors (Lipinski definition) is 0. The van der Waals surface area contributed by atoms with Crippen molar-refractivity contribution in [2.45, 2.75) is 44.6 Å². The summed E-state index contributed by atoms with van der Waals surface area (Å²) in [6.07, 6.45) is 0.809. The molecule has 1 saturated heterocycles. The third-order valence-corrected chi connectivity index (χ3v) is 4.06. The van der Waals surface area contributed by atoms with Crippen LogP contribution in [-0.2, 0) is 14.3 Å². The summed E-state index contributed by atoms with van der Waals surface area (Å²) in [4.78, 5) is 25.5. The van der Waals surface area contributed by atoms with Crippen molar-refractivity contribution in [2.75, 3.05) is 12.5 Å². The van der Waals surface area contributed by atoms with E-state index in [1.807, 2.05) is 13.8 Å². The minimum atomic E-state index is -0.635. The smallest absolute Gasteiger partial charge is 0.411 e. The molecule has 0 aromatic rings. The zero-order valence-electron chi connectivity index (χ0n) is 11.8. The third kappa shape index (κ3) is 3.89. The van der Waals surface area contributed by atoms with Crippen LogP contribution < -0.4 is 0 Å². The molecule has 0 aromatic carbocycles. The maximum atomic E-state index is 12.1. The molecule has 1 aliphatic heterocycles. The summed E-state index contributed by atoms with van der Waals surface area (Å²) in [7, 11) is 0. The maximum absolute atomic E-state index is 12.1.